The Hall–Kier alpha value is -0.930. The molecule has 0 aliphatic heterocycles. The fourth-order valence-electron chi connectivity index (χ4n) is 2.40. The van der Waals surface area contributed by atoms with Gasteiger partial charge in [0.05, 0.1) is 12.1 Å². The summed E-state index contributed by atoms with van der Waals surface area (Å²) in [5.74, 6) is 0.728. The fraction of sp³-hybridized carbons (Fsp3) is 0.571. The predicted molar refractivity (Wildman–Crippen MR) is 76.7 cm³/mol. The van der Waals surface area contributed by atoms with Crippen molar-refractivity contribution in [2.24, 2.45) is 11.1 Å². The first-order chi connectivity index (χ1) is 8.51. The van der Waals surface area contributed by atoms with E-state index in [2.05, 4.69) is 18.9 Å². The van der Waals surface area contributed by atoms with Gasteiger partial charge in [0.2, 0.25) is 0 Å². The minimum atomic E-state index is 0.327. The summed E-state index contributed by atoms with van der Waals surface area (Å²) in [4.78, 5) is 2.25. The lowest BCUT2D eigenvalue weighted by atomic mass is 10.1. The molecule has 1 saturated carbocycles. The van der Waals surface area contributed by atoms with Gasteiger partial charge in [-0.15, -0.1) is 0 Å². The Labute approximate surface area is 114 Å². The van der Waals surface area contributed by atoms with Crippen LogP contribution in [0.3, 0.4) is 0 Å². The molecule has 2 N–H and O–H groups in total. The van der Waals surface area contributed by atoms with E-state index in [-0.39, 0.29) is 0 Å². The van der Waals surface area contributed by atoms with Crippen LogP contribution in [-0.4, -0.2) is 27.2 Å². The molecule has 0 aromatic heterocycles. The highest BCUT2D eigenvalue weighted by Crippen LogP contribution is 2.46. The Morgan fingerprint density at radius 1 is 1.44 bits per heavy atom. The number of nitrogens with two attached hydrogens (primary N) is 1. The van der Waals surface area contributed by atoms with Gasteiger partial charge in [0, 0.05) is 24.7 Å². The third-order valence-corrected chi connectivity index (χ3v) is 4.14. The van der Waals surface area contributed by atoms with Gasteiger partial charge in [-0.05, 0) is 44.0 Å². The number of hydrogen-bond acceptors (Lipinski definition) is 3. The van der Waals surface area contributed by atoms with Crippen molar-refractivity contribution < 1.29 is 4.74 Å². The number of ether oxygens (including phenoxy) is 1. The monoisotopic (exact) mass is 268 g/mol. The Kier molecular flexibility index (Phi) is 3.74. The molecule has 3 nitrogen and oxygen atoms in total. The van der Waals surface area contributed by atoms with Crippen LogP contribution in [0.4, 0.5) is 5.69 Å². The molecule has 100 valence electrons. The molecule has 0 unspecified atom stereocenters. The van der Waals surface area contributed by atoms with E-state index in [0.29, 0.717) is 10.4 Å². The first-order valence-electron chi connectivity index (χ1n) is 6.27. The van der Waals surface area contributed by atoms with E-state index in [1.54, 1.807) is 7.11 Å². The second-order valence-corrected chi connectivity index (χ2v) is 5.74. The number of rotatable bonds is 5. The number of nitrogens with zero attached hydrogens (tertiary/aromatic N) is 1. The molecular weight excluding hydrogens is 248 g/mol. The van der Waals surface area contributed by atoms with E-state index >= 15 is 0 Å². The van der Waals surface area contributed by atoms with E-state index in [0.717, 1.165) is 24.5 Å². The fourth-order valence-corrected chi connectivity index (χ4v) is 2.64. The Bertz CT molecular complexity index is 444. The van der Waals surface area contributed by atoms with Crippen molar-refractivity contribution in [2.45, 2.75) is 19.8 Å². The van der Waals surface area contributed by atoms with Gasteiger partial charge in [-0.1, -0.05) is 11.6 Å². The lowest BCUT2D eigenvalue weighted by Crippen LogP contribution is -2.31. The maximum Gasteiger partial charge on any atom is 0.137 e. The van der Waals surface area contributed by atoms with Crippen molar-refractivity contribution in [2.75, 3.05) is 32.1 Å². The van der Waals surface area contributed by atoms with Gasteiger partial charge in [-0.3, -0.25) is 0 Å². The van der Waals surface area contributed by atoms with Gasteiger partial charge in [-0.2, -0.15) is 0 Å². The second-order valence-electron chi connectivity index (χ2n) is 5.33. The molecule has 1 fully saturated rings. The van der Waals surface area contributed by atoms with Crippen LogP contribution in [0.5, 0.6) is 5.75 Å². The molecule has 0 spiro atoms. The van der Waals surface area contributed by atoms with E-state index in [1.807, 2.05) is 12.1 Å². The Balaban J connectivity index is 2.20. The van der Waals surface area contributed by atoms with Crippen molar-refractivity contribution in [3.05, 3.63) is 22.7 Å². The molecular formula is C14H21ClN2O. The minimum absolute atomic E-state index is 0.327. The van der Waals surface area contributed by atoms with Crippen LogP contribution in [-0.2, 0) is 0 Å². The third-order valence-electron chi connectivity index (χ3n) is 3.84. The number of anilines is 1. The largest absolute Gasteiger partial charge is 0.495 e. The average Bonchev–Trinajstić information content (AvgIpc) is 3.11. The van der Waals surface area contributed by atoms with Crippen molar-refractivity contribution in [1.82, 2.24) is 0 Å². The summed E-state index contributed by atoms with van der Waals surface area (Å²) < 4.78 is 5.22. The van der Waals surface area contributed by atoms with Gasteiger partial charge in [0.15, 0.2) is 0 Å². The molecule has 1 aromatic rings. The molecule has 0 radical (unpaired) electrons. The van der Waals surface area contributed by atoms with E-state index in [9.17, 15) is 0 Å². The highest BCUT2D eigenvalue weighted by atomic mass is 35.5. The smallest absolute Gasteiger partial charge is 0.137 e. The van der Waals surface area contributed by atoms with E-state index in [1.165, 1.54) is 18.4 Å². The minimum Gasteiger partial charge on any atom is -0.495 e. The summed E-state index contributed by atoms with van der Waals surface area (Å²) in [5, 5.41) is 0.655. The van der Waals surface area contributed by atoms with Gasteiger partial charge in [-0.25, -0.2) is 0 Å². The zero-order chi connectivity index (χ0) is 13.3. The van der Waals surface area contributed by atoms with Gasteiger partial charge < -0.3 is 15.4 Å². The molecule has 0 saturated heterocycles. The summed E-state index contributed by atoms with van der Waals surface area (Å²) in [7, 11) is 3.73. The van der Waals surface area contributed by atoms with Gasteiger partial charge in [0.1, 0.15) is 5.75 Å². The van der Waals surface area contributed by atoms with Crippen LogP contribution >= 0.6 is 11.6 Å². The Morgan fingerprint density at radius 2 is 2.11 bits per heavy atom. The SMILES string of the molecule is COc1cc(C)c(N(C)CC2(CN)CC2)cc1Cl. The molecule has 2 rings (SSSR count). The molecule has 4 heteroatoms. The topological polar surface area (TPSA) is 38.5 Å². The van der Waals surface area contributed by atoms with Crippen molar-refractivity contribution >= 4 is 17.3 Å². The van der Waals surface area contributed by atoms with Crippen LogP contribution < -0.4 is 15.4 Å². The van der Waals surface area contributed by atoms with Gasteiger partial charge >= 0.3 is 0 Å². The van der Waals surface area contributed by atoms with Crippen LogP contribution in [0, 0.1) is 12.3 Å². The number of benzene rings is 1. The predicted octanol–water partition coefficient (Wildman–Crippen LogP) is 2.83. The van der Waals surface area contributed by atoms with Crippen molar-refractivity contribution in [3.8, 4) is 5.75 Å². The maximum absolute atomic E-state index is 6.19. The molecule has 18 heavy (non-hydrogen) atoms. The number of aryl methyl sites for hydroxylation is 1. The quantitative estimate of drug-likeness (QED) is 0.892. The van der Waals surface area contributed by atoms with Crippen molar-refractivity contribution in [3.63, 3.8) is 0 Å². The summed E-state index contributed by atoms with van der Waals surface area (Å²) >= 11 is 6.19. The summed E-state index contributed by atoms with van der Waals surface area (Å²) in [6, 6.07) is 3.96. The molecule has 0 bridgehead atoms. The average molecular weight is 269 g/mol. The molecule has 0 amide bonds. The number of hydrogen-bond donors (Lipinski definition) is 1. The summed E-state index contributed by atoms with van der Waals surface area (Å²) in [5.41, 5.74) is 8.49. The van der Waals surface area contributed by atoms with Crippen molar-refractivity contribution in [1.29, 1.82) is 0 Å². The first-order valence-corrected chi connectivity index (χ1v) is 6.64. The molecule has 1 aromatic carbocycles. The summed E-state index contributed by atoms with van der Waals surface area (Å²) in [6.07, 6.45) is 2.47. The van der Waals surface area contributed by atoms with Crippen LogP contribution in [0.1, 0.15) is 18.4 Å². The van der Waals surface area contributed by atoms with Crippen LogP contribution in [0.25, 0.3) is 0 Å². The lowest BCUT2D eigenvalue weighted by Gasteiger charge is -2.26. The zero-order valence-corrected chi connectivity index (χ0v) is 12.0. The standard InChI is InChI=1S/C14H21ClN2O/c1-10-6-13(18-3)11(15)7-12(10)17(2)9-14(8-16)4-5-14/h6-7H,4-5,8-9,16H2,1-3H3. The number of halogens is 1. The second kappa shape index (κ2) is 4.98. The highest BCUT2D eigenvalue weighted by molar-refractivity contribution is 6.32. The molecule has 0 heterocycles. The molecule has 1 aliphatic carbocycles. The zero-order valence-electron chi connectivity index (χ0n) is 11.3. The van der Waals surface area contributed by atoms with E-state index < -0.39 is 0 Å². The van der Waals surface area contributed by atoms with Crippen LogP contribution in [0.15, 0.2) is 12.1 Å². The maximum atomic E-state index is 6.19. The molecule has 1 aliphatic rings. The third kappa shape index (κ3) is 2.57. The molecule has 0 atom stereocenters. The normalized spacial score (nSPS) is 16.5. The number of methoxy groups -OCH3 is 1. The first kappa shape index (κ1) is 13.5. The van der Waals surface area contributed by atoms with E-state index in [4.69, 9.17) is 22.1 Å². The lowest BCUT2D eigenvalue weighted by molar-refractivity contribution is 0.414. The van der Waals surface area contributed by atoms with Crippen LogP contribution in [0.2, 0.25) is 5.02 Å². The summed E-state index contributed by atoms with van der Waals surface area (Å²) in [6.45, 7) is 3.83. The highest BCUT2D eigenvalue weighted by Gasteiger charge is 2.42. The Morgan fingerprint density at radius 3 is 2.61 bits per heavy atom. The van der Waals surface area contributed by atoms with Gasteiger partial charge in [0.25, 0.3) is 0 Å².